The molecule has 2 aliphatic heterocycles. The van der Waals surface area contributed by atoms with Crippen molar-refractivity contribution in [3.05, 3.63) is 30.4 Å². The van der Waals surface area contributed by atoms with Crippen molar-refractivity contribution in [2.75, 3.05) is 13.7 Å². The second-order valence-corrected chi connectivity index (χ2v) is 17.8. The summed E-state index contributed by atoms with van der Waals surface area (Å²) in [4.78, 5) is 61.0. The van der Waals surface area contributed by atoms with Crippen molar-refractivity contribution in [1.82, 2.24) is 24.8 Å². The molecule has 0 spiro atoms. The Labute approximate surface area is 306 Å². The molecular weight excluding hydrogens is 723 g/mol. The van der Waals surface area contributed by atoms with Gasteiger partial charge in [0.15, 0.2) is 0 Å². The summed E-state index contributed by atoms with van der Waals surface area (Å²) in [6.07, 6.45) is -2.75. The van der Waals surface area contributed by atoms with E-state index in [-0.39, 0.29) is 48.4 Å². The molecule has 0 radical (unpaired) electrons. The summed E-state index contributed by atoms with van der Waals surface area (Å²) in [5, 5.41) is 13.0. The van der Waals surface area contributed by atoms with Crippen molar-refractivity contribution < 1.29 is 55.3 Å². The summed E-state index contributed by atoms with van der Waals surface area (Å²) >= 11 is 0. The number of allylic oxidation sites excluding steroid dienone is 1. The minimum absolute atomic E-state index is 0.0589. The predicted octanol–water partition coefficient (Wildman–Crippen LogP) is 4.01. The first-order chi connectivity index (χ1) is 24.6. The highest BCUT2D eigenvalue weighted by molar-refractivity contribution is 7.91. The summed E-state index contributed by atoms with van der Waals surface area (Å²) in [6, 6.07) is 1.33. The van der Waals surface area contributed by atoms with Gasteiger partial charge in [0.25, 0.3) is 5.91 Å². The minimum Gasteiger partial charge on any atom is -0.481 e. The Kier molecular flexibility index (Phi) is 10.8. The Hall–Kier alpha value is -4.09. The van der Waals surface area contributed by atoms with Crippen molar-refractivity contribution >= 4 is 33.8 Å². The molecule has 4 amide bonds. The fourth-order valence-electron chi connectivity index (χ4n) is 7.33. The summed E-state index contributed by atoms with van der Waals surface area (Å²) in [5.74, 6) is -4.30. The molecule has 3 N–H and O–H groups in total. The number of hydrogen-bond donors (Lipinski definition) is 3. The Morgan fingerprint density at radius 1 is 1.13 bits per heavy atom. The van der Waals surface area contributed by atoms with Gasteiger partial charge in [-0.05, 0) is 71.1 Å². The van der Waals surface area contributed by atoms with Crippen molar-refractivity contribution in [3.8, 4) is 11.8 Å². The zero-order chi connectivity index (χ0) is 39.3. The van der Waals surface area contributed by atoms with E-state index >= 15 is 0 Å². The second-order valence-electron chi connectivity index (χ2n) is 15.6. The lowest BCUT2D eigenvalue weighted by Gasteiger charge is -2.45. The monoisotopic (exact) mass is 771 g/mol. The van der Waals surface area contributed by atoms with Gasteiger partial charge in [-0.3, -0.25) is 24.0 Å². The third kappa shape index (κ3) is 7.92. The molecule has 294 valence electrons. The summed E-state index contributed by atoms with van der Waals surface area (Å²) in [6.45, 7) is 5.90. The molecule has 18 heteroatoms. The number of sulfonamides is 1. The van der Waals surface area contributed by atoms with Crippen molar-refractivity contribution in [1.29, 1.82) is 0 Å². The number of hydrogen-bond acceptors (Lipinski definition) is 9. The van der Waals surface area contributed by atoms with Gasteiger partial charge < -0.3 is 24.8 Å². The molecule has 5 rings (SSSR count). The normalized spacial score (nSPS) is 30.5. The van der Waals surface area contributed by atoms with E-state index in [0.29, 0.717) is 39.5 Å². The van der Waals surface area contributed by atoms with Gasteiger partial charge in [0.05, 0.1) is 18.4 Å². The second kappa shape index (κ2) is 14.3. The van der Waals surface area contributed by atoms with Crippen LogP contribution in [0.5, 0.6) is 11.8 Å². The van der Waals surface area contributed by atoms with Crippen LogP contribution >= 0.6 is 0 Å². The number of pyridine rings is 1. The molecule has 14 nitrogen and oxygen atoms in total. The first-order valence-corrected chi connectivity index (χ1v) is 19.2. The maximum absolute atomic E-state index is 14.8. The molecule has 3 heterocycles. The minimum atomic E-state index is -5.08. The lowest BCUT2D eigenvalue weighted by atomic mass is 9.85. The van der Waals surface area contributed by atoms with Gasteiger partial charge in [-0.2, -0.15) is 18.2 Å². The number of fused-ring (bicyclic) bond motifs is 2. The Balaban J connectivity index is 1.57. The maximum Gasteiger partial charge on any atom is 0.411 e. The van der Waals surface area contributed by atoms with Crippen LogP contribution in [0.25, 0.3) is 0 Å². The average molecular weight is 772 g/mol. The number of aromatic nitrogens is 1. The zero-order valence-corrected chi connectivity index (χ0v) is 31.4. The Bertz CT molecular complexity index is 1750. The molecule has 0 bridgehead atoms. The highest BCUT2D eigenvalue weighted by Gasteiger charge is 2.64. The topological polar surface area (TPSA) is 185 Å². The number of amides is 4. The number of halogens is 3. The number of ether oxygens (including phenoxy) is 2. The number of rotatable bonds is 8. The van der Waals surface area contributed by atoms with E-state index in [9.17, 15) is 45.9 Å². The summed E-state index contributed by atoms with van der Waals surface area (Å²) < 4.78 is 82.1. The molecule has 3 fully saturated rings. The molecule has 1 saturated heterocycles. The summed E-state index contributed by atoms with van der Waals surface area (Å²) in [5.41, 5.74) is -4.72. The molecule has 1 aromatic heterocycles. The third-order valence-corrected chi connectivity index (χ3v) is 13.3. The van der Waals surface area contributed by atoms with Gasteiger partial charge in [-0.15, -0.1) is 0 Å². The quantitative estimate of drug-likeness (QED) is 0.327. The molecule has 2 saturated carbocycles. The maximum atomic E-state index is 14.8. The van der Waals surface area contributed by atoms with E-state index < -0.39 is 85.9 Å². The number of nitrogens with zero attached hydrogens (tertiary/aromatic N) is 3. The van der Waals surface area contributed by atoms with Gasteiger partial charge in [0, 0.05) is 24.5 Å². The van der Waals surface area contributed by atoms with Gasteiger partial charge in [-0.25, -0.2) is 13.2 Å². The number of carbonyl (C=O) groups excluding carboxylic acids is 3. The molecule has 4 aliphatic rings. The van der Waals surface area contributed by atoms with Crippen LogP contribution in [0.3, 0.4) is 0 Å². The summed E-state index contributed by atoms with van der Waals surface area (Å²) in [7, 11) is -2.71. The van der Waals surface area contributed by atoms with Crippen molar-refractivity contribution in [2.24, 2.45) is 17.8 Å². The highest BCUT2D eigenvalue weighted by atomic mass is 32.2. The molecule has 53 heavy (non-hydrogen) atoms. The van der Waals surface area contributed by atoms with Crippen LogP contribution in [0, 0.1) is 17.8 Å². The number of carbonyl (C=O) groups is 4. The molecule has 7 atom stereocenters. The van der Waals surface area contributed by atoms with Crippen LogP contribution in [0.1, 0.15) is 79.6 Å². The molecule has 1 aromatic rings. The van der Waals surface area contributed by atoms with E-state index in [4.69, 9.17) is 9.47 Å². The van der Waals surface area contributed by atoms with Crippen LogP contribution < -0.4 is 19.5 Å². The Morgan fingerprint density at radius 3 is 2.40 bits per heavy atom. The van der Waals surface area contributed by atoms with Crippen LogP contribution in [0.2, 0.25) is 0 Å². The van der Waals surface area contributed by atoms with Crippen LogP contribution in [0.15, 0.2) is 30.4 Å². The van der Waals surface area contributed by atoms with Crippen LogP contribution in [0.4, 0.5) is 18.0 Å². The van der Waals surface area contributed by atoms with E-state index in [1.807, 2.05) is 6.92 Å². The van der Waals surface area contributed by atoms with Gasteiger partial charge in [0.2, 0.25) is 33.6 Å². The first-order valence-electron chi connectivity index (χ1n) is 17.7. The smallest absolute Gasteiger partial charge is 0.411 e. The molecule has 0 unspecified atom stereocenters. The van der Waals surface area contributed by atoms with E-state index in [1.54, 1.807) is 24.3 Å². The van der Waals surface area contributed by atoms with Crippen LogP contribution in [-0.2, 0) is 24.4 Å². The zero-order valence-electron chi connectivity index (χ0n) is 30.6. The van der Waals surface area contributed by atoms with E-state index in [0.717, 1.165) is 4.90 Å². The molecule has 2 aliphatic carbocycles. The standard InChI is InChI=1S/C35H48F3N5O9S/c1-20-10-7-8-11-22-18-34(22,30(46)41-53(49,50)33(5)14-15-33)40-28(44)24-17-23(52-26-13-9-12-25(39-26)51-6)19-42(24)29(45)27(21(2)16-20)43(31(47)48)32(3,4)35(36,37)38/h8-9,11-13,20-24,27H,7,10,14-19H2,1-6H3,(H,40,44)(H,41,46)(H,47,48)/t20-,21-,22-,23-,24+,27+,34-/m1/s1. The van der Waals surface area contributed by atoms with E-state index in [2.05, 4.69) is 15.0 Å². The Morgan fingerprint density at radius 2 is 1.79 bits per heavy atom. The van der Waals surface area contributed by atoms with Crippen LogP contribution in [-0.4, -0.2) is 106 Å². The fourth-order valence-corrected chi connectivity index (χ4v) is 8.64. The first kappa shape index (κ1) is 40.1. The largest absolute Gasteiger partial charge is 0.481 e. The highest BCUT2D eigenvalue weighted by Crippen LogP contribution is 2.48. The number of nitrogens with one attached hydrogen (secondary N) is 2. The van der Waals surface area contributed by atoms with Crippen molar-refractivity contribution in [3.63, 3.8) is 0 Å². The predicted molar refractivity (Wildman–Crippen MR) is 184 cm³/mol. The van der Waals surface area contributed by atoms with Gasteiger partial charge >= 0.3 is 12.3 Å². The lowest BCUT2D eigenvalue weighted by Crippen LogP contribution is -2.66. The number of alkyl halides is 3. The van der Waals surface area contributed by atoms with Gasteiger partial charge in [-0.1, -0.05) is 32.1 Å². The SMILES string of the molecule is COc1cccc(O[C@@H]2C[C@H]3C(=O)N[C@]4(C(=O)NS(=O)(=O)C5(C)CC5)C[C@H]4C=CCC[C@@H](C)C[C@@H](C)[C@H](N(C(=O)O)C(C)(C)C(F)(F)F)C(=O)N3C2)n1. The van der Waals surface area contributed by atoms with Crippen molar-refractivity contribution in [2.45, 2.75) is 120 Å². The van der Waals surface area contributed by atoms with E-state index in [1.165, 1.54) is 27.0 Å². The number of carboxylic acid groups (broad SMARTS) is 1. The third-order valence-electron chi connectivity index (χ3n) is 11.2. The molecular formula is C35H48F3N5O9S. The average Bonchev–Trinajstić information content (AvgIpc) is 3.94. The van der Waals surface area contributed by atoms with Gasteiger partial charge in [0.1, 0.15) is 29.3 Å². The lowest BCUT2D eigenvalue weighted by molar-refractivity contribution is -0.222. The fraction of sp³-hybridized carbons (Fsp3) is 0.686. The number of methoxy groups -OCH3 is 1. The molecule has 0 aromatic carbocycles.